The monoisotopic (exact) mass is 429 g/mol. The largest absolute Gasteiger partial charge is 0.351 e. The smallest absolute Gasteiger partial charge is 0.267 e. The Labute approximate surface area is 187 Å². The molecule has 32 heavy (non-hydrogen) atoms. The molecule has 4 rings (SSSR count). The van der Waals surface area contributed by atoms with Crippen molar-refractivity contribution in [3.63, 3.8) is 0 Å². The summed E-state index contributed by atoms with van der Waals surface area (Å²) in [5, 5.41) is 11.1. The Morgan fingerprint density at radius 2 is 1.81 bits per heavy atom. The van der Waals surface area contributed by atoms with Crippen molar-refractivity contribution in [3.05, 3.63) is 83.8 Å². The average Bonchev–Trinajstić information content (AvgIpc) is 3.41. The summed E-state index contributed by atoms with van der Waals surface area (Å²) in [7, 11) is 0. The summed E-state index contributed by atoms with van der Waals surface area (Å²) >= 11 is 0. The first kappa shape index (κ1) is 21.4. The number of carbonyl (C=O) groups excluding carboxylic acids is 2. The van der Waals surface area contributed by atoms with Gasteiger partial charge in [0.1, 0.15) is 5.69 Å². The number of hydrogen-bond acceptors (Lipinski definition) is 3. The van der Waals surface area contributed by atoms with Crippen molar-refractivity contribution in [1.82, 2.24) is 19.7 Å². The number of hydrogen-bond donors (Lipinski definition) is 2. The maximum atomic E-state index is 12.9. The van der Waals surface area contributed by atoms with Gasteiger partial charge in [0.25, 0.3) is 11.8 Å². The number of aryl methyl sites for hydroxylation is 1. The van der Waals surface area contributed by atoms with E-state index in [1.807, 2.05) is 73.1 Å². The number of fused-ring (bicyclic) bond motifs is 1. The van der Waals surface area contributed by atoms with Crippen molar-refractivity contribution < 1.29 is 9.59 Å². The Balaban J connectivity index is 1.52. The fourth-order valence-corrected chi connectivity index (χ4v) is 3.74. The lowest BCUT2D eigenvalue weighted by Gasteiger charge is -2.09. The van der Waals surface area contributed by atoms with Gasteiger partial charge in [-0.15, -0.1) is 0 Å². The molecule has 0 unspecified atom stereocenters. The van der Waals surface area contributed by atoms with E-state index >= 15 is 0 Å². The summed E-state index contributed by atoms with van der Waals surface area (Å²) in [5.41, 5.74) is 3.77. The van der Waals surface area contributed by atoms with E-state index in [1.165, 1.54) is 0 Å². The molecular formula is C25H27N5O2. The van der Waals surface area contributed by atoms with Crippen molar-refractivity contribution >= 4 is 28.4 Å². The summed E-state index contributed by atoms with van der Waals surface area (Å²) < 4.78 is 3.73. The molecule has 2 N–H and O–H groups in total. The molecule has 2 heterocycles. The Kier molecular flexibility index (Phi) is 6.35. The topological polar surface area (TPSA) is 81.0 Å². The minimum atomic E-state index is -0.216. The normalized spacial score (nSPS) is 10.9. The van der Waals surface area contributed by atoms with Crippen LogP contribution in [-0.2, 0) is 13.1 Å². The number of nitrogens with zero attached hydrogens (tertiary/aromatic N) is 3. The van der Waals surface area contributed by atoms with Crippen LogP contribution in [0.25, 0.3) is 10.9 Å². The Morgan fingerprint density at radius 1 is 1.00 bits per heavy atom. The van der Waals surface area contributed by atoms with Gasteiger partial charge in [-0.2, -0.15) is 5.10 Å². The molecule has 0 aliphatic rings. The van der Waals surface area contributed by atoms with E-state index in [-0.39, 0.29) is 11.8 Å². The molecule has 0 saturated carbocycles. The number of carbonyl (C=O) groups is 2. The molecule has 0 fully saturated rings. The average molecular weight is 430 g/mol. The van der Waals surface area contributed by atoms with Crippen LogP contribution in [0.2, 0.25) is 0 Å². The van der Waals surface area contributed by atoms with Crippen LogP contribution in [0.1, 0.15) is 46.7 Å². The molecule has 2 amide bonds. The molecule has 164 valence electrons. The van der Waals surface area contributed by atoms with Crippen LogP contribution in [0.15, 0.2) is 67.0 Å². The second-order valence-electron chi connectivity index (χ2n) is 7.67. The van der Waals surface area contributed by atoms with Crippen LogP contribution in [0.3, 0.4) is 0 Å². The second-order valence-corrected chi connectivity index (χ2v) is 7.67. The zero-order valence-corrected chi connectivity index (χ0v) is 18.3. The van der Waals surface area contributed by atoms with E-state index in [0.29, 0.717) is 36.6 Å². The molecule has 2 aromatic heterocycles. The SMILES string of the molecule is CCCNC(=O)c1cc2ccc(C(=O)Nc3cnn(Cc4ccccc4)c3)cc2n1CC. The van der Waals surface area contributed by atoms with E-state index < -0.39 is 0 Å². The Bertz CT molecular complexity index is 1240. The van der Waals surface area contributed by atoms with Crippen LogP contribution in [-0.4, -0.2) is 32.7 Å². The van der Waals surface area contributed by atoms with Gasteiger partial charge in [0, 0.05) is 35.8 Å². The first-order valence-electron chi connectivity index (χ1n) is 10.9. The number of rotatable bonds is 8. The fourth-order valence-electron chi connectivity index (χ4n) is 3.74. The molecule has 0 saturated heterocycles. The van der Waals surface area contributed by atoms with Gasteiger partial charge in [-0.1, -0.05) is 43.3 Å². The minimum Gasteiger partial charge on any atom is -0.351 e. The third kappa shape index (κ3) is 4.56. The van der Waals surface area contributed by atoms with E-state index in [9.17, 15) is 9.59 Å². The molecule has 0 radical (unpaired) electrons. The summed E-state index contributed by atoms with van der Waals surface area (Å²) in [6.45, 7) is 5.91. The number of anilines is 1. The minimum absolute atomic E-state index is 0.0956. The van der Waals surface area contributed by atoms with Crippen LogP contribution in [0.4, 0.5) is 5.69 Å². The quantitative estimate of drug-likeness (QED) is 0.438. The zero-order valence-electron chi connectivity index (χ0n) is 18.3. The highest BCUT2D eigenvalue weighted by Crippen LogP contribution is 2.22. The Morgan fingerprint density at radius 3 is 2.56 bits per heavy atom. The van der Waals surface area contributed by atoms with Crippen LogP contribution in [0, 0.1) is 0 Å². The lowest BCUT2D eigenvalue weighted by Crippen LogP contribution is -2.26. The highest BCUT2D eigenvalue weighted by molar-refractivity contribution is 6.07. The van der Waals surface area contributed by atoms with E-state index in [2.05, 4.69) is 15.7 Å². The molecule has 0 aliphatic carbocycles. The van der Waals surface area contributed by atoms with Gasteiger partial charge >= 0.3 is 0 Å². The molecule has 2 aromatic carbocycles. The molecule has 4 aromatic rings. The van der Waals surface area contributed by atoms with Gasteiger partial charge in [0.2, 0.25) is 0 Å². The van der Waals surface area contributed by atoms with Gasteiger partial charge in [0.15, 0.2) is 0 Å². The highest BCUT2D eigenvalue weighted by Gasteiger charge is 2.16. The van der Waals surface area contributed by atoms with E-state index in [0.717, 1.165) is 22.9 Å². The predicted octanol–water partition coefficient (Wildman–Crippen LogP) is 4.30. The molecule has 0 spiro atoms. The van der Waals surface area contributed by atoms with E-state index in [1.54, 1.807) is 16.9 Å². The standard InChI is InChI=1S/C25H27N5O2/c1-3-12-26-25(32)23-13-19-10-11-20(14-22(19)30(23)4-2)24(31)28-21-15-27-29(17-21)16-18-8-6-5-7-9-18/h5-11,13-15,17H,3-4,12,16H2,1-2H3,(H,26,32)(H,28,31). The van der Waals surface area contributed by atoms with Crippen molar-refractivity contribution in [1.29, 1.82) is 0 Å². The maximum absolute atomic E-state index is 12.9. The molecule has 0 aliphatic heterocycles. The van der Waals surface area contributed by atoms with Gasteiger partial charge in [-0.05, 0) is 37.1 Å². The molecule has 7 heteroatoms. The molecule has 7 nitrogen and oxygen atoms in total. The van der Waals surface area contributed by atoms with Gasteiger partial charge in [-0.3, -0.25) is 14.3 Å². The maximum Gasteiger partial charge on any atom is 0.267 e. The van der Waals surface area contributed by atoms with Crippen LogP contribution >= 0.6 is 0 Å². The van der Waals surface area contributed by atoms with Gasteiger partial charge < -0.3 is 15.2 Å². The third-order valence-corrected chi connectivity index (χ3v) is 5.33. The number of aromatic nitrogens is 3. The third-order valence-electron chi connectivity index (χ3n) is 5.33. The summed E-state index contributed by atoms with van der Waals surface area (Å²) in [6, 6.07) is 17.4. The van der Waals surface area contributed by atoms with Gasteiger partial charge in [0.05, 0.1) is 18.4 Å². The summed E-state index contributed by atoms with van der Waals surface area (Å²) in [4.78, 5) is 25.4. The highest BCUT2D eigenvalue weighted by atomic mass is 16.2. The lowest BCUT2D eigenvalue weighted by atomic mass is 10.1. The van der Waals surface area contributed by atoms with Crippen LogP contribution in [0.5, 0.6) is 0 Å². The van der Waals surface area contributed by atoms with Crippen molar-refractivity contribution in [2.24, 2.45) is 0 Å². The summed E-state index contributed by atoms with van der Waals surface area (Å²) in [6.07, 6.45) is 4.34. The van der Waals surface area contributed by atoms with Crippen molar-refractivity contribution in [2.75, 3.05) is 11.9 Å². The summed E-state index contributed by atoms with van der Waals surface area (Å²) in [5.74, 6) is -0.311. The van der Waals surface area contributed by atoms with Crippen molar-refractivity contribution in [3.8, 4) is 0 Å². The second kappa shape index (κ2) is 9.51. The number of benzene rings is 2. The number of amides is 2. The van der Waals surface area contributed by atoms with E-state index in [4.69, 9.17) is 0 Å². The fraction of sp³-hybridized carbons (Fsp3) is 0.240. The number of nitrogens with one attached hydrogen (secondary N) is 2. The van der Waals surface area contributed by atoms with Crippen molar-refractivity contribution in [2.45, 2.75) is 33.4 Å². The lowest BCUT2D eigenvalue weighted by molar-refractivity contribution is 0.0944. The molecular weight excluding hydrogens is 402 g/mol. The van der Waals surface area contributed by atoms with Crippen LogP contribution < -0.4 is 10.6 Å². The first-order chi connectivity index (χ1) is 15.6. The molecule has 0 bridgehead atoms. The first-order valence-corrected chi connectivity index (χ1v) is 10.9. The zero-order chi connectivity index (χ0) is 22.5. The van der Waals surface area contributed by atoms with Gasteiger partial charge in [-0.25, -0.2) is 0 Å². The Hall–Kier alpha value is -3.87. The predicted molar refractivity (Wildman–Crippen MR) is 126 cm³/mol. The molecule has 0 atom stereocenters.